The Bertz CT molecular complexity index is 277. The van der Waals surface area contributed by atoms with Gasteiger partial charge < -0.3 is 15.0 Å². The molecule has 0 saturated carbocycles. The van der Waals surface area contributed by atoms with Gasteiger partial charge in [-0.15, -0.1) is 0 Å². The second-order valence-electron chi connectivity index (χ2n) is 3.60. The zero-order valence-corrected chi connectivity index (χ0v) is 8.31. The Labute approximate surface area is 87.1 Å². The van der Waals surface area contributed by atoms with E-state index in [-0.39, 0.29) is 12.5 Å². The predicted octanol–water partition coefficient (Wildman–Crippen LogP) is -1.89. The third kappa shape index (κ3) is 2.02. The van der Waals surface area contributed by atoms with Crippen LogP contribution < -0.4 is 11.2 Å². The highest BCUT2D eigenvalue weighted by atomic mass is 16.6. The Morgan fingerprint density at radius 1 is 1.47 bits per heavy atom. The van der Waals surface area contributed by atoms with Crippen LogP contribution in [0.1, 0.15) is 0 Å². The van der Waals surface area contributed by atoms with Gasteiger partial charge in [-0.1, -0.05) is 0 Å². The van der Waals surface area contributed by atoms with Gasteiger partial charge in [-0.05, 0) is 0 Å². The highest BCUT2D eigenvalue weighted by Gasteiger charge is 2.37. The number of carbonyl (C=O) groups is 2. The van der Waals surface area contributed by atoms with E-state index < -0.39 is 12.2 Å². The van der Waals surface area contributed by atoms with Gasteiger partial charge in [0.1, 0.15) is 0 Å². The summed E-state index contributed by atoms with van der Waals surface area (Å²) in [5.41, 5.74) is 0. The maximum Gasteiger partial charge on any atom is 0.425 e. The van der Waals surface area contributed by atoms with Gasteiger partial charge in [0, 0.05) is 26.2 Å². The van der Waals surface area contributed by atoms with Crippen LogP contribution in [0.25, 0.3) is 0 Å². The van der Waals surface area contributed by atoms with E-state index in [1.807, 2.05) is 0 Å². The molecule has 0 bridgehead atoms. The summed E-state index contributed by atoms with van der Waals surface area (Å²) in [5.74, 6) is 5.16. The highest BCUT2D eigenvalue weighted by molar-refractivity contribution is 5.86. The van der Waals surface area contributed by atoms with Gasteiger partial charge in [-0.25, -0.2) is 15.6 Å². The third-order valence-corrected chi connectivity index (χ3v) is 2.54. The first-order chi connectivity index (χ1) is 7.18. The minimum atomic E-state index is -0.736. The standard InChI is InChI=1S/C8H14N4O3/c9-12-5-6(15-8(12)14)7(13)11-3-1-10-2-4-11/h6,10H,1-5,9H2/t6-/m0/s1. The number of carbonyl (C=O) groups excluding carboxylic acids is 2. The van der Waals surface area contributed by atoms with Crippen molar-refractivity contribution in [1.29, 1.82) is 0 Å². The van der Waals surface area contributed by atoms with Gasteiger partial charge in [-0.2, -0.15) is 0 Å². The Kier molecular flexibility index (Phi) is 2.74. The number of nitrogens with one attached hydrogen (secondary N) is 1. The third-order valence-electron chi connectivity index (χ3n) is 2.54. The molecule has 2 amide bonds. The number of ether oxygens (including phenoxy) is 1. The lowest BCUT2D eigenvalue weighted by molar-refractivity contribution is -0.139. The van der Waals surface area contributed by atoms with Crippen LogP contribution in [0, 0.1) is 0 Å². The minimum Gasteiger partial charge on any atom is -0.433 e. The molecule has 0 aromatic heterocycles. The normalized spacial score (nSPS) is 26.7. The number of hydrogen-bond donors (Lipinski definition) is 2. The molecule has 0 aromatic carbocycles. The summed E-state index contributed by atoms with van der Waals surface area (Å²) in [4.78, 5) is 24.5. The summed E-state index contributed by atoms with van der Waals surface area (Å²) < 4.78 is 4.84. The number of amides is 2. The largest absolute Gasteiger partial charge is 0.433 e. The van der Waals surface area contributed by atoms with Crippen LogP contribution in [-0.2, 0) is 9.53 Å². The van der Waals surface area contributed by atoms with Crippen molar-refractivity contribution in [2.45, 2.75) is 6.10 Å². The first-order valence-corrected chi connectivity index (χ1v) is 4.91. The summed E-state index contributed by atoms with van der Waals surface area (Å²) in [6.45, 7) is 2.99. The number of cyclic esters (lactones) is 1. The average Bonchev–Trinajstić information content (AvgIpc) is 2.59. The lowest BCUT2D eigenvalue weighted by Crippen LogP contribution is -2.50. The van der Waals surface area contributed by atoms with Crippen molar-refractivity contribution < 1.29 is 14.3 Å². The van der Waals surface area contributed by atoms with Gasteiger partial charge in [0.25, 0.3) is 5.91 Å². The second kappa shape index (κ2) is 4.03. The highest BCUT2D eigenvalue weighted by Crippen LogP contribution is 2.10. The summed E-state index contributed by atoms with van der Waals surface area (Å²) in [7, 11) is 0. The Morgan fingerprint density at radius 2 is 2.13 bits per heavy atom. The van der Waals surface area contributed by atoms with Crippen LogP contribution in [0.5, 0.6) is 0 Å². The van der Waals surface area contributed by atoms with E-state index in [2.05, 4.69) is 5.32 Å². The maximum atomic E-state index is 11.8. The van der Waals surface area contributed by atoms with E-state index in [1.54, 1.807) is 4.90 Å². The molecular formula is C8H14N4O3. The number of piperazine rings is 1. The molecule has 84 valence electrons. The van der Waals surface area contributed by atoms with Gasteiger partial charge in [0.2, 0.25) is 6.10 Å². The Balaban J connectivity index is 1.93. The van der Waals surface area contributed by atoms with Gasteiger partial charge in [0.15, 0.2) is 0 Å². The van der Waals surface area contributed by atoms with Gasteiger partial charge in [-0.3, -0.25) is 4.79 Å². The molecule has 7 nitrogen and oxygen atoms in total. The zero-order valence-electron chi connectivity index (χ0n) is 8.31. The van der Waals surface area contributed by atoms with Crippen LogP contribution in [0.2, 0.25) is 0 Å². The van der Waals surface area contributed by atoms with Crippen molar-refractivity contribution in [2.24, 2.45) is 5.84 Å². The van der Waals surface area contributed by atoms with Gasteiger partial charge in [0.05, 0.1) is 6.54 Å². The molecule has 2 rings (SSSR count). The Hall–Kier alpha value is -1.34. The fraction of sp³-hybridized carbons (Fsp3) is 0.750. The van der Waals surface area contributed by atoms with Crippen molar-refractivity contribution in [3.8, 4) is 0 Å². The summed E-state index contributed by atoms with van der Waals surface area (Å²) in [6, 6.07) is 0. The first-order valence-electron chi connectivity index (χ1n) is 4.91. The molecule has 0 spiro atoms. The van der Waals surface area contributed by atoms with Gasteiger partial charge >= 0.3 is 6.09 Å². The van der Waals surface area contributed by atoms with E-state index in [0.717, 1.165) is 18.1 Å². The number of nitrogens with two attached hydrogens (primary N) is 1. The van der Waals surface area contributed by atoms with Crippen molar-refractivity contribution in [2.75, 3.05) is 32.7 Å². The molecule has 0 radical (unpaired) electrons. The molecule has 2 heterocycles. The molecule has 0 aromatic rings. The van der Waals surface area contributed by atoms with Crippen molar-refractivity contribution >= 4 is 12.0 Å². The molecule has 0 unspecified atom stereocenters. The van der Waals surface area contributed by atoms with E-state index in [1.165, 1.54) is 0 Å². The quantitative estimate of drug-likeness (QED) is 0.394. The molecule has 2 aliphatic rings. The number of hydrogen-bond acceptors (Lipinski definition) is 5. The Morgan fingerprint density at radius 3 is 2.67 bits per heavy atom. The van der Waals surface area contributed by atoms with Crippen LogP contribution in [0.4, 0.5) is 4.79 Å². The molecule has 7 heteroatoms. The molecule has 2 saturated heterocycles. The van der Waals surface area contributed by atoms with E-state index in [4.69, 9.17) is 10.6 Å². The maximum absolute atomic E-state index is 11.8. The lowest BCUT2D eigenvalue weighted by Gasteiger charge is -2.28. The first kappa shape index (κ1) is 10.2. The van der Waals surface area contributed by atoms with Crippen LogP contribution in [0.15, 0.2) is 0 Å². The summed E-state index contributed by atoms with van der Waals surface area (Å²) in [5, 5.41) is 4.06. The summed E-state index contributed by atoms with van der Waals surface area (Å²) >= 11 is 0. The SMILES string of the molecule is NN1C[C@@H](C(=O)N2CCNCC2)OC1=O. The van der Waals surface area contributed by atoms with E-state index in [9.17, 15) is 9.59 Å². The fourth-order valence-corrected chi connectivity index (χ4v) is 1.70. The summed E-state index contributed by atoms with van der Waals surface area (Å²) in [6.07, 6.45) is -1.37. The lowest BCUT2D eigenvalue weighted by atomic mass is 10.2. The molecule has 0 aliphatic carbocycles. The molecule has 2 aliphatic heterocycles. The molecule has 2 fully saturated rings. The van der Waals surface area contributed by atoms with E-state index in [0.29, 0.717) is 13.1 Å². The van der Waals surface area contributed by atoms with Crippen LogP contribution in [-0.4, -0.2) is 60.7 Å². The smallest absolute Gasteiger partial charge is 0.425 e. The number of rotatable bonds is 1. The second-order valence-corrected chi connectivity index (χ2v) is 3.60. The number of nitrogens with zero attached hydrogens (tertiary/aromatic N) is 2. The van der Waals surface area contributed by atoms with E-state index >= 15 is 0 Å². The minimum absolute atomic E-state index is 0.140. The van der Waals surface area contributed by atoms with Crippen LogP contribution >= 0.6 is 0 Å². The molecular weight excluding hydrogens is 200 g/mol. The fourth-order valence-electron chi connectivity index (χ4n) is 1.70. The predicted molar refractivity (Wildman–Crippen MR) is 50.6 cm³/mol. The molecule has 1 atom stereocenters. The monoisotopic (exact) mass is 214 g/mol. The molecule has 3 N–H and O–H groups in total. The van der Waals surface area contributed by atoms with Crippen molar-refractivity contribution in [1.82, 2.24) is 15.2 Å². The van der Waals surface area contributed by atoms with Crippen molar-refractivity contribution in [3.63, 3.8) is 0 Å². The number of hydrazine groups is 1. The topological polar surface area (TPSA) is 87.9 Å². The zero-order chi connectivity index (χ0) is 10.8. The average molecular weight is 214 g/mol. The van der Waals surface area contributed by atoms with Crippen molar-refractivity contribution in [3.05, 3.63) is 0 Å². The van der Waals surface area contributed by atoms with Crippen LogP contribution in [0.3, 0.4) is 0 Å². The molecule has 15 heavy (non-hydrogen) atoms.